The van der Waals surface area contributed by atoms with E-state index < -0.39 is 0 Å². The molecule has 0 unspecified atom stereocenters. The van der Waals surface area contributed by atoms with Crippen LogP contribution in [0.2, 0.25) is 5.02 Å². The fourth-order valence-electron chi connectivity index (χ4n) is 2.80. The molecule has 0 saturated heterocycles. The van der Waals surface area contributed by atoms with Gasteiger partial charge >= 0.3 is 0 Å². The zero-order valence-corrected chi connectivity index (χ0v) is 16.4. The quantitative estimate of drug-likeness (QED) is 0.549. The monoisotopic (exact) mass is 410 g/mol. The number of hydrogen-bond donors (Lipinski definition) is 1. The molecule has 0 aliphatic rings. The van der Waals surface area contributed by atoms with Crippen LogP contribution in [0.4, 0.5) is 5.69 Å². The first-order chi connectivity index (χ1) is 13.5. The van der Waals surface area contributed by atoms with Crippen molar-refractivity contribution < 1.29 is 4.79 Å². The van der Waals surface area contributed by atoms with E-state index in [2.05, 4.69) is 15.6 Å². The Hall–Kier alpha value is -3.03. The summed E-state index contributed by atoms with van der Waals surface area (Å²) in [6, 6.07) is 16.8. The Morgan fingerprint density at radius 1 is 1.18 bits per heavy atom. The number of rotatable bonds is 4. The molecule has 8 heteroatoms. The minimum Gasteiger partial charge on any atom is -0.324 e. The van der Waals surface area contributed by atoms with Gasteiger partial charge in [-0.2, -0.15) is 0 Å². The highest BCUT2D eigenvalue weighted by Crippen LogP contribution is 2.30. The van der Waals surface area contributed by atoms with Crippen LogP contribution in [0.3, 0.4) is 0 Å². The maximum Gasteiger partial charge on any atom is 0.279 e. The molecule has 4 aromatic rings. The van der Waals surface area contributed by atoms with Gasteiger partial charge in [0.2, 0.25) is 5.91 Å². The van der Waals surface area contributed by atoms with Crippen molar-refractivity contribution in [3.05, 3.63) is 75.5 Å². The summed E-state index contributed by atoms with van der Waals surface area (Å²) in [5.41, 5.74) is 2.02. The molecule has 0 saturated carbocycles. The summed E-state index contributed by atoms with van der Waals surface area (Å²) in [6.07, 6.45) is 0. The van der Waals surface area contributed by atoms with Crippen molar-refractivity contribution >= 4 is 44.7 Å². The molecule has 0 radical (unpaired) electrons. The van der Waals surface area contributed by atoms with Crippen molar-refractivity contribution in [1.29, 1.82) is 0 Å². The molecule has 6 nitrogen and oxygen atoms in total. The zero-order chi connectivity index (χ0) is 19.7. The normalized spacial score (nSPS) is 10.9. The van der Waals surface area contributed by atoms with E-state index >= 15 is 0 Å². The van der Waals surface area contributed by atoms with E-state index in [4.69, 9.17) is 11.6 Å². The van der Waals surface area contributed by atoms with Crippen LogP contribution < -0.4 is 10.9 Å². The SMILES string of the molecule is Cc1c(Cl)cccc1NC(=O)Cn1nnc2sc(-c3ccccc3)cc2c1=O. The first kappa shape index (κ1) is 18.3. The predicted octanol–water partition coefficient (Wildman–Crippen LogP) is 4.12. The molecule has 2 aromatic carbocycles. The van der Waals surface area contributed by atoms with Crippen LogP contribution in [-0.2, 0) is 11.3 Å². The molecule has 1 amide bonds. The van der Waals surface area contributed by atoms with Gasteiger partial charge in [0, 0.05) is 15.6 Å². The zero-order valence-electron chi connectivity index (χ0n) is 14.8. The van der Waals surface area contributed by atoms with Gasteiger partial charge in [0.1, 0.15) is 6.54 Å². The van der Waals surface area contributed by atoms with Gasteiger partial charge in [0.15, 0.2) is 4.83 Å². The van der Waals surface area contributed by atoms with Gasteiger partial charge in [-0.05, 0) is 36.2 Å². The van der Waals surface area contributed by atoms with E-state index in [9.17, 15) is 9.59 Å². The highest BCUT2D eigenvalue weighted by atomic mass is 35.5. The molecule has 0 atom stereocenters. The van der Waals surface area contributed by atoms with Crippen molar-refractivity contribution in [1.82, 2.24) is 15.0 Å². The number of halogens is 1. The molecule has 4 rings (SSSR count). The minimum atomic E-state index is -0.375. The smallest absolute Gasteiger partial charge is 0.279 e. The summed E-state index contributed by atoms with van der Waals surface area (Å²) in [6.45, 7) is 1.58. The van der Waals surface area contributed by atoms with Crippen molar-refractivity contribution in [3.63, 3.8) is 0 Å². The average Bonchev–Trinajstić information content (AvgIpc) is 3.14. The Morgan fingerprint density at radius 2 is 1.96 bits per heavy atom. The van der Waals surface area contributed by atoms with E-state index in [0.29, 0.717) is 20.9 Å². The van der Waals surface area contributed by atoms with E-state index in [1.165, 1.54) is 11.3 Å². The molecule has 140 valence electrons. The summed E-state index contributed by atoms with van der Waals surface area (Å²) < 4.78 is 1.07. The second kappa shape index (κ2) is 7.53. The number of amides is 1. The van der Waals surface area contributed by atoms with Crippen LogP contribution in [0.5, 0.6) is 0 Å². The van der Waals surface area contributed by atoms with Gasteiger partial charge in [-0.25, -0.2) is 4.68 Å². The van der Waals surface area contributed by atoms with Gasteiger partial charge < -0.3 is 5.32 Å². The van der Waals surface area contributed by atoms with E-state index in [0.717, 1.165) is 20.7 Å². The Balaban J connectivity index is 1.61. The summed E-state index contributed by atoms with van der Waals surface area (Å²) in [4.78, 5) is 26.6. The average molecular weight is 411 g/mol. The van der Waals surface area contributed by atoms with Crippen LogP contribution in [0.25, 0.3) is 20.7 Å². The van der Waals surface area contributed by atoms with Gasteiger partial charge in [-0.1, -0.05) is 53.2 Å². The van der Waals surface area contributed by atoms with E-state index in [-0.39, 0.29) is 18.0 Å². The summed E-state index contributed by atoms with van der Waals surface area (Å²) in [5.74, 6) is -0.375. The predicted molar refractivity (Wildman–Crippen MR) is 112 cm³/mol. The second-order valence-corrected chi connectivity index (χ2v) is 7.65. The fourth-order valence-corrected chi connectivity index (χ4v) is 3.95. The van der Waals surface area contributed by atoms with Gasteiger partial charge in [-0.15, -0.1) is 16.4 Å². The van der Waals surface area contributed by atoms with Crippen molar-refractivity contribution in [2.45, 2.75) is 13.5 Å². The van der Waals surface area contributed by atoms with Crippen LogP contribution in [0.1, 0.15) is 5.56 Å². The van der Waals surface area contributed by atoms with Gasteiger partial charge in [0.25, 0.3) is 5.56 Å². The third kappa shape index (κ3) is 3.54. The lowest BCUT2D eigenvalue weighted by molar-refractivity contribution is -0.117. The van der Waals surface area contributed by atoms with Crippen molar-refractivity contribution in [3.8, 4) is 10.4 Å². The molecular formula is C20H15ClN4O2S. The summed E-state index contributed by atoms with van der Waals surface area (Å²) in [7, 11) is 0. The topological polar surface area (TPSA) is 76.9 Å². The van der Waals surface area contributed by atoms with E-state index in [1.807, 2.05) is 37.3 Å². The highest BCUT2D eigenvalue weighted by molar-refractivity contribution is 7.21. The standard InChI is InChI=1S/C20H15ClN4O2S/c1-12-15(21)8-5-9-16(12)22-18(26)11-25-20(27)14-10-17(28-19(14)23-24-25)13-6-3-2-4-7-13/h2-10H,11H2,1H3,(H,22,26). The first-order valence-corrected chi connectivity index (χ1v) is 9.70. The van der Waals surface area contributed by atoms with Crippen molar-refractivity contribution in [2.24, 2.45) is 0 Å². The second-order valence-electron chi connectivity index (χ2n) is 6.21. The molecule has 2 aromatic heterocycles. The number of benzene rings is 2. The number of anilines is 1. The molecule has 0 aliphatic carbocycles. The molecule has 0 bridgehead atoms. The Bertz CT molecular complexity index is 1230. The van der Waals surface area contributed by atoms with Crippen LogP contribution in [-0.4, -0.2) is 20.9 Å². The maximum atomic E-state index is 12.7. The maximum absolute atomic E-state index is 12.7. The van der Waals surface area contributed by atoms with Crippen molar-refractivity contribution in [2.75, 3.05) is 5.32 Å². The number of carbonyl (C=O) groups excluding carboxylic acids is 1. The molecular weight excluding hydrogens is 396 g/mol. The van der Waals surface area contributed by atoms with Crippen LogP contribution in [0, 0.1) is 6.92 Å². The lowest BCUT2D eigenvalue weighted by atomic mass is 10.2. The van der Waals surface area contributed by atoms with Crippen LogP contribution in [0.15, 0.2) is 59.4 Å². The Labute approximate surface area is 169 Å². The largest absolute Gasteiger partial charge is 0.324 e. The third-order valence-electron chi connectivity index (χ3n) is 4.31. The molecule has 0 aliphatic heterocycles. The lowest BCUT2D eigenvalue weighted by Crippen LogP contribution is -2.30. The number of fused-ring (bicyclic) bond motifs is 1. The number of nitrogens with zero attached hydrogens (tertiary/aromatic N) is 3. The summed E-state index contributed by atoms with van der Waals surface area (Å²) in [5, 5.41) is 11.8. The van der Waals surface area contributed by atoms with Gasteiger partial charge in [0.05, 0.1) is 5.39 Å². The highest BCUT2D eigenvalue weighted by Gasteiger charge is 2.14. The number of hydrogen-bond acceptors (Lipinski definition) is 5. The first-order valence-electron chi connectivity index (χ1n) is 8.50. The number of thiophene rings is 1. The minimum absolute atomic E-state index is 0.232. The molecule has 0 spiro atoms. The number of nitrogens with one attached hydrogen (secondary N) is 1. The van der Waals surface area contributed by atoms with Gasteiger partial charge in [-0.3, -0.25) is 9.59 Å². The fraction of sp³-hybridized carbons (Fsp3) is 0.100. The molecule has 2 heterocycles. The van der Waals surface area contributed by atoms with Crippen LogP contribution >= 0.6 is 22.9 Å². The number of carbonyl (C=O) groups is 1. The molecule has 1 N–H and O–H groups in total. The van der Waals surface area contributed by atoms with E-state index in [1.54, 1.807) is 24.3 Å². The molecule has 28 heavy (non-hydrogen) atoms. The number of aromatic nitrogens is 3. The Morgan fingerprint density at radius 3 is 2.75 bits per heavy atom. The summed E-state index contributed by atoms with van der Waals surface area (Å²) >= 11 is 7.47. The lowest BCUT2D eigenvalue weighted by Gasteiger charge is -2.09. The molecule has 0 fully saturated rings. The Kier molecular flexibility index (Phi) is 4.93. The third-order valence-corrected chi connectivity index (χ3v) is 5.79.